The van der Waals surface area contributed by atoms with Crippen LogP contribution in [0.4, 0.5) is 0 Å². The third kappa shape index (κ3) is 3.36. The van der Waals surface area contributed by atoms with Crippen molar-refractivity contribution in [3.8, 4) is 0 Å². The van der Waals surface area contributed by atoms with Crippen molar-refractivity contribution in [1.29, 1.82) is 0 Å². The first-order valence-corrected chi connectivity index (χ1v) is 6.82. The SMILES string of the molecule is Cc1nnsc1C(=O)N(CCN)Cc1ccccc1. The van der Waals surface area contributed by atoms with E-state index in [4.69, 9.17) is 5.73 Å². The van der Waals surface area contributed by atoms with Gasteiger partial charge in [0.25, 0.3) is 5.91 Å². The lowest BCUT2D eigenvalue weighted by molar-refractivity contribution is 0.0752. The van der Waals surface area contributed by atoms with Gasteiger partial charge in [-0.2, -0.15) is 0 Å². The van der Waals surface area contributed by atoms with Gasteiger partial charge < -0.3 is 10.6 Å². The molecule has 5 nitrogen and oxygen atoms in total. The molecule has 1 aromatic heterocycles. The highest BCUT2D eigenvalue weighted by Crippen LogP contribution is 2.14. The molecule has 2 aromatic rings. The number of benzene rings is 1. The molecular formula is C13H16N4OS. The van der Waals surface area contributed by atoms with Crippen molar-refractivity contribution in [2.75, 3.05) is 13.1 Å². The molecule has 0 bridgehead atoms. The largest absolute Gasteiger partial charge is 0.332 e. The van der Waals surface area contributed by atoms with Crippen LogP contribution in [0.1, 0.15) is 20.9 Å². The van der Waals surface area contributed by atoms with Gasteiger partial charge in [-0.1, -0.05) is 34.8 Å². The number of hydrogen-bond acceptors (Lipinski definition) is 5. The predicted octanol–water partition coefficient (Wildman–Crippen LogP) is 1.45. The Balaban J connectivity index is 2.16. The Morgan fingerprint density at radius 1 is 1.37 bits per heavy atom. The topological polar surface area (TPSA) is 72.1 Å². The minimum absolute atomic E-state index is 0.0539. The zero-order valence-corrected chi connectivity index (χ0v) is 11.6. The average molecular weight is 276 g/mol. The summed E-state index contributed by atoms with van der Waals surface area (Å²) in [6.45, 7) is 3.29. The van der Waals surface area contributed by atoms with E-state index in [0.29, 0.717) is 30.2 Å². The summed E-state index contributed by atoms with van der Waals surface area (Å²) in [4.78, 5) is 14.7. The zero-order valence-electron chi connectivity index (χ0n) is 10.7. The first-order valence-electron chi connectivity index (χ1n) is 6.04. The van der Waals surface area contributed by atoms with Crippen LogP contribution in [-0.4, -0.2) is 33.5 Å². The summed E-state index contributed by atoms with van der Waals surface area (Å²) in [5.74, 6) is -0.0539. The molecule has 1 amide bonds. The molecule has 0 aliphatic carbocycles. The van der Waals surface area contributed by atoms with Crippen molar-refractivity contribution in [2.45, 2.75) is 13.5 Å². The number of hydrogen-bond donors (Lipinski definition) is 1. The lowest BCUT2D eigenvalue weighted by atomic mass is 10.2. The molecule has 0 spiro atoms. The van der Waals surface area contributed by atoms with Crippen LogP contribution in [0.5, 0.6) is 0 Å². The van der Waals surface area contributed by atoms with Gasteiger partial charge in [-0.25, -0.2) is 0 Å². The lowest BCUT2D eigenvalue weighted by Gasteiger charge is -2.21. The maximum atomic E-state index is 12.4. The van der Waals surface area contributed by atoms with Crippen LogP contribution in [0.2, 0.25) is 0 Å². The van der Waals surface area contributed by atoms with Gasteiger partial charge in [0.2, 0.25) is 0 Å². The molecule has 0 saturated heterocycles. The maximum Gasteiger partial charge on any atom is 0.267 e. The van der Waals surface area contributed by atoms with Crippen molar-refractivity contribution in [1.82, 2.24) is 14.5 Å². The summed E-state index contributed by atoms with van der Waals surface area (Å²) in [7, 11) is 0. The Morgan fingerprint density at radius 2 is 2.11 bits per heavy atom. The average Bonchev–Trinajstić information content (AvgIpc) is 2.85. The molecule has 100 valence electrons. The third-order valence-electron chi connectivity index (χ3n) is 2.75. The molecule has 1 aromatic carbocycles. The van der Waals surface area contributed by atoms with Crippen molar-refractivity contribution in [2.24, 2.45) is 5.73 Å². The smallest absolute Gasteiger partial charge is 0.267 e. The lowest BCUT2D eigenvalue weighted by Crippen LogP contribution is -2.34. The van der Waals surface area contributed by atoms with Crippen molar-refractivity contribution >= 4 is 17.4 Å². The predicted molar refractivity (Wildman–Crippen MR) is 74.9 cm³/mol. The summed E-state index contributed by atoms with van der Waals surface area (Å²) < 4.78 is 3.81. The summed E-state index contributed by atoms with van der Waals surface area (Å²) >= 11 is 1.13. The van der Waals surface area contributed by atoms with Crippen molar-refractivity contribution < 1.29 is 4.79 Å². The number of aromatic nitrogens is 2. The molecule has 6 heteroatoms. The Bertz CT molecular complexity index is 541. The van der Waals surface area contributed by atoms with Gasteiger partial charge in [0, 0.05) is 19.6 Å². The van der Waals surface area contributed by atoms with Gasteiger partial charge in [-0.05, 0) is 24.0 Å². The third-order valence-corrected chi connectivity index (χ3v) is 3.56. The number of nitrogens with two attached hydrogens (primary N) is 1. The van der Waals surface area contributed by atoms with Crippen molar-refractivity contribution in [3.05, 3.63) is 46.5 Å². The van der Waals surface area contributed by atoms with E-state index in [1.807, 2.05) is 30.3 Å². The second-order valence-electron chi connectivity index (χ2n) is 4.19. The second-order valence-corrected chi connectivity index (χ2v) is 4.94. The van der Waals surface area contributed by atoms with E-state index in [1.54, 1.807) is 11.8 Å². The zero-order chi connectivity index (χ0) is 13.7. The van der Waals surface area contributed by atoms with Crippen LogP contribution in [0.15, 0.2) is 30.3 Å². The van der Waals surface area contributed by atoms with E-state index >= 15 is 0 Å². The van der Waals surface area contributed by atoms with Crippen LogP contribution in [0, 0.1) is 6.92 Å². The summed E-state index contributed by atoms with van der Waals surface area (Å²) in [6, 6.07) is 9.86. The first kappa shape index (κ1) is 13.6. The first-order chi connectivity index (χ1) is 9.22. The fraction of sp³-hybridized carbons (Fsp3) is 0.308. The van der Waals surface area contributed by atoms with Gasteiger partial charge in [-0.15, -0.1) is 5.10 Å². The monoisotopic (exact) mass is 276 g/mol. The molecular weight excluding hydrogens is 260 g/mol. The number of carbonyl (C=O) groups is 1. The van der Waals surface area contributed by atoms with Gasteiger partial charge in [0.05, 0.1) is 5.69 Å². The highest BCUT2D eigenvalue weighted by Gasteiger charge is 2.20. The van der Waals surface area contributed by atoms with E-state index in [-0.39, 0.29) is 5.91 Å². The molecule has 19 heavy (non-hydrogen) atoms. The van der Waals surface area contributed by atoms with Crippen LogP contribution >= 0.6 is 11.5 Å². The molecule has 0 aliphatic rings. The van der Waals surface area contributed by atoms with Gasteiger partial charge in [-0.3, -0.25) is 4.79 Å². The highest BCUT2D eigenvalue weighted by atomic mass is 32.1. The van der Waals surface area contributed by atoms with Crippen LogP contribution in [0.25, 0.3) is 0 Å². The minimum Gasteiger partial charge on any atom is -0.332 e. The standard InChI is InChI=1S/C13H16N4OS/c1-10-12(19-16-15-10)13(18)17(8-7-14)9-11-5-3-2-4-6-11/h2-6H,7-9,14H2,1H3. The molecule has 0 atom stereocenters. The van der Waals surface area contributed by atoms with E-state index in [0.717, 1.165) is 17.1 Å². The molecule has 1 heterocycles. The number of rotatable bonds is 5. The Labute approximate surface area is 116 Å². The number of amides is 1. The summed E-state index contributed by atoms with van der Waals surface area (Å²) in [5, 5.41) is 3.88. The highest BCUT2D eigenvalue weighted by molar-refractivity contribution is 7.07. The van der Waals surface area contributed by atoms with Crippen molar-refractivity contribution in [3.63, 3.8) is 0 Å². The second kappa shape index (κ2) is 6.40. The van der Waals surface area contributed by atoms with E-state index in [1.165, 1.54) is 0 Å². The van der Waals surface area contributed by atoms with E-state index < -0.39 is 0 Å². The molecule has 0 saturated carbocycles. The molecule has 2 N–H and O–H groups in total. The fourth-order valence-electron chi connectivity index (χ4n) is 1.78. The number of aryl methyl sites for hydroxylation is 1. The van der Waals surface area contributed by atoms with Gasteiger partial charge >= 0.3 is 0 Å². The van der Waals surface area contributed by atoms with Crippen LogP contribution in [0.3, 0.4) is 0 Å². The summed E-state index contributed by atoms with van der Waals surface area (Å²) in [6.07, 6.45) is 0. The van der Waals surface area contributed by atoms with Crippen LogP contribution < -0.4 is 5.73 Å². The van der Waals surface area contributed by atoms with Gasteiger partial charge in [0.1, 0.15) is 4.88 Å². The van der Waals surface area contributed by atoms with E-state index in [2.05, 4.69) is 9.59 Å². The quantitative estimate of drug-likeness (QED) is 0.897. The Kier molecular flexibility index (Phi) is 4.59. The van der Waals surface area contributed by atoms with E-state index in [9.17, 15) is 4.79 Å². The molecule has 2 rings (SSSR count). The molecule has 0 fully saturated rings. The number of carbonyl (C=O) groups excluding carboxylic acids is 1. The summed E-state index contributed by atoms with van der Waals surface area (Å²) in [5.41, 5.74) is 7.34. The normalized spacial score (nSPS) is 10.4. The molecule has 0 unspecified atom stereocenters. The van der Waals surface area contributed by atoms with Gasteiger partial charge in [0.15, 0.2) is 0 Å². The molecule has 0 radical (unpaired) electrons. The Morgan fingerprint density at radius 3 is 2.68 bits per heavy atom. The fourth-order valence-corrected chi connectivity index (χ4v) is 2.41. The van der Waals surface area contributed by atoms with Crippen LogP contribution in [-0.2, 0) is 6.54 Å². The minimum atomic E-state index is -0.0539. The number of nitrogens with zero attached hydrogens (tertiary/aromatic N) is 3. The maximum absolute atomic E-state index is 12.4. The molecule has 0 aliphatic heterocycles. The Hall–Kier alpha value is -1.79.